The topological polar surface area (TPSA) is 46.1 Å². The predicted molar refractivity (Wildman–Crippen MR) is 57.8 cm³/mol. The molecule has 0 spiro atoms. The number of aromatic nitrogens is 2. The van der Waals surface area contributed by atoms with Crippen LogP contribution in [-0.4, -0.2) is 38.3 Å². The second-order valence-corrected chi connectivity index (χ2v) is 5.19. The van der Waals surface area contributed by atoms with Crippen molar-refractivity contribution in [3.8, 4) is 0 Å². The SMILES string of the molecule is O=C(c1csnn1)N1CCCC(Br)C1. The molecule has 1 saturated heterocycles. The normalized spacial score (nSPS) is 22.4. The molecule has 0 aliphatic carbocycles. The Morgan fingerprint density at radius 1 is 1.71 bits per heavy atom. The van der Waals surface area contributed by atoms with E-state index in [2.05, 4.69) is 25.5 Å². The highest BCUT2D eigenvalue weighted by Gasteiger charge is 2.24. The molecule has 0 N–H and O–H groups in total. The average molecular weight is 276 g/mol. The Morgan fingerprint density at radius 3 is 3.21 bits per heavy atom. The Bertz CT molecular complexity index is 316. The summed E-state index contributed by atoms with van der Waals surface area (Å²) in [6.07, 6.45) is 2.19. The minimum Gasteiger partial charge on any atom is -0.336 e. The number of rotatable bonds is 1. The van der Waals surface area contributed by atoms with Crippen molar-refractivity contribution >= 4 is 33.4 Å². The number of carbonyl (C=O) groups is 1. The summed E-state index contributed by atoms with van der Waals surface area (Å²) in [6, 6.07) is 0. The highest BCUT2D eigenvalue weighted by molar-refractivity contribution is 9.09. The molecule has 1 amide bonds. The number of piperidine rings is 1. The lowest BCUT2D eigenvalue weighted by Gasteiger charge is -2.29. The molecule has 0 radical (unpaired) electrons. The van der Waals surface area contributed by atoms with Crippen molar-refractivity contribution in [3.63, 3.8) is 0 Å². The average Bonchev–Trinajstić information content (AvgIpc) is 2.69. The molecule has 1 unspecified atom stereocenters. The molecule has 1 aromatic heterocycles. The van der Waals surface area contributed by atoms with Gasteiger partial charge >= 0.3 is 0 Å². The van der Waals surface area contributed by atoms with Gasteiger partial charge in [-0.1, -0.05) is 20.4 Å². The number of carbonyl (C=O) groups excluding carboxylic acids is 1. The summed E-state index contributed by atoms with van der Waals surface area (Å²) in [5.41, 5.74) is 0.469. The first kappa shape index (κ1) is 10.0. The Kier molecular flexibility index (Phi) is 3.12. The van der Waals surface area contributed by atoms with Crippen LogP contribution in [0.5, 0.6) is 0 Å². The van der Waals surface area contributed by atoms with Gasteiger partial charge in [-0.2, -0.15) is 0 Å². The fourth-order valence-corrected chi connectivity index (χ4v) is 2.63. The molecule has 14 heavy (non-hydrogen) atoms. The molecular weight excluding hydrogens is 266 g/mol. The Labute approximate surface area is 94.6 Å². The predicted octanol–water partition coefficient (Wildman–Crippen LogP) is 1.54. The maximum Gasteiger partial charge on any atom is 0.275 e. The Morgan fingerprint density at radius 2 is 2.57 bits per heavy atom. The second kappa shape index (κ2) is 4.35. The molecule has 1 aliphatic heterocycles. The van der Waals surface area contributed by atoms with Crippen LogP contribution in [0.15, 0.2) is 5.38 Å². The maximum atomic E-state index is 11.8. The zero-order valence-electron chi connectivity index (χ0n) is 7.52. The van der Waals surface area contributed by atoms with Crippen molar-refractivity contribution < 1.29 is 4.79 Å². The summed E-state index contributed by atoms with van der Waals surface area (Å²) in [5, 5.41) is 5.47. The number of halogens is 1. The highest BCUT2D eigenvalue weighted by atomic mass is 79.9. The van der Waals surface area contributed by atoms with E-state index < -0.39 is 0 Å². The minimum absolute atomic E-state index is 0.00269. The van der Waals surface area contributed by atoms with Crippen molar-refractivity contribution in [3.05, 3.63) is 11.1 Å². The van der Waals surface area contributed by atoms with Crippen molar-refractivity contribution in [2.24, 2.45) is 0 Å². The van der Waals surface area contributed by atoms with Crippen LogP contribution in [0.25, 0.3) is 0 Å². The molecule has 1 atom stereocenters. The third-order valence-electron chi connectivity index (χ3n) is 2.23. The highest BCUT2D eigenvalue weighted by Crippen LogP contribution is 2.18. The first-order chi connectivity index (χ1) is 6.77. The van der Waals surface area contributed by atoms with Gasteiger partial charge in [-0.15, -0.1) is 5.10 Å². The van der Waals surface area contributed by atoms with Crippen LogP contribution in [0.4, 0.5) is 0 Å². The summed E-state index contributed by atoms with van der Waals surface area (Å²) in [5.74, 6) is 0.00269. The van der Waals surface area contributed by atoms with Gasteiger partial charge in [0.25, 0.3) is 5.91 Å². The summed E-state index contributed by atoms with van der Waals surface area (Å²) in [7, 11) is 0. The first-order valence-electron chi connectivity index (χ1n) is 4.48. The van der Waals surface area contributed by atoms with Crippen molar-refractivity contribution in [2.75, 3.05) is 13.1 Å². The van der Waals surface area contributed by atoms with E-state index in [4.69, 9.17) is 0 Å². The van der Waals surface area contributed by atoms with Crippen LogP contribution in [0.1, 0.15) is 23.3 Å². The molecule has 76 valence electrons. The molecule has 0 bridgehead atoms. The number of amides is 1. The van der Waals surface area contributed by atoms with Crippen molar-refractivity contribution in [1.29, 1.82) is 0 Å². The molecule has 2 heterocycles. The minimum atomic E-state index is 0.00269. The molecule has 1 fully saturated rings. The Balaban J connectivity index is 2.04. The van der Waals surface area contributed by atoms with E-state index in [1.807, 2.05) is 4.90 Å². The van der Waals surface area contributed by atoms with Gasteiger partial charge in [-0.3, -0.25) is 4.79 Å². The number of likely N-dealkylation sites (tertiary alicyclic amines) is 1. The van der Waals surface area contributed by atoms with Gasteiger partial charge in [-0.05, 0) is 24.4 Å². The molecule has 4 nitrogen and oxygen atoms in total. The van der Waals surface area contributed by atoms with Gasteiger partial charge < -0.3 is 4.90 Å². The second-order valence-electron chi connectivity index (χ2n) is 3.28. The summed E-state index contributed by atoms with van der Waals surface area (Å²) < 4.78 is 3.69. The van der Waals surface area contributed by atoms with Crippen LogP contribution in [0.2, 0.25) is 0 Å². The zero-order valence-corrected chi connectivity index (χ0v) is 9.92. The summed E-state index contributed by atoms with van der Waals surface area (Å²) in [6.45, 7) is 1.61. The van der Waals surface area contributed by atoms with Crippen LogP contribution in [-0.2, 0) is 0 Å². The fourth-order valence-electron chi connectivity index (χ4n) is 1.53. The van der Waals surface area contributed by atoms with E-state index in [0.29, 0.717) is 10.5 Å². The van der Waals surface area contributed by atoms with Crippen LogP contribution in [0.3, 0.4) is 0 Å². The molecule has 1 aromatic rings. The third-order valence-corrected chi connectivity index (χ3v) is 3.48. The number of hydrogen-bond donors (Lipinski definition) is 0. The molecule has 0 aromatic carbocycles. The van der Waals surface area contributed by atoms with Gasteiger partial charge in [0.1, 0.15) is 0 Å². The van der Waals surface area contributed by atoms with E-state index in [-0.39, 0.29) is 5.91 Å². The number of alkyl halides is 1. The fraction of sp³-hybridized carbons (Fsp3) is 0.625. The van der Waals surface area contributed by atoms with E-state index >= 15 is 0 Å². The van der Waals surface area contributed by atoms with Gasteiger partial charge in [0.2, 0.25) is 0 Å². The summed E-state index contributed by atoms with van der Waals surface area (Å²) >= 11 is 4.75. The number of nitrogens with zero attached hydrogens (tertiary/aromatic N) is 3. The zero-order chi connectivity index (χ0) is 9.97. The molecule has 1 aliphatic rings. The monoisotopic (exact) mass is 275 g/mol. The van der Waals surface area contributed by atoms with Crippen LogP contribution >= 0.6 is 27.5 Å². The van der Waals surface area contributed by atoms with E-state index in [9.17, 15) is 4.79 Å². The molecule has 0 saturated carbocycles. The number of hydrogen-bond acceptors (Lipinski definition) is 4. The van der Waals surface area contributed by atoms with Crippen LogP contribution in [0, 0.1) is 0 Å². The lowest BCUT2D eigenvalue weighted by Crippen LogP contribution is -2.40. The molecular formula is C8H10BrN3OS. The van der Waals surface area contributed by atoms with Crippen molar-refractivity contribution in [2.45, 2.75) is 17.7 Å². The molecule has 6 heteroatoms. The summed E-state index contributed by atoms with van der Waals surface area (Å²) in [4.78, 5) is 14.1. The lowest BCUT2D eigenvalue weighted by molar-refractivity contribution is 0.0724. The molecule has 2 rings (SSSR count). The quantitative estimate of drug-likeness (QED) is 0.731. The lowest BCUT2D eigenvalue weighted by atomic mass is 10.1. The van der Waals surface area contributed by atoms with E-state index in [1.165, 1.54) is 11.5 Å². The maximum absolute atomic E-state index is 11.8. The first-order valence-corrected chi connectivity index (χ1v) is 6.23. The van der Waals surface area contributed by atoms with Crippen molar-refractivity contribution in [1.82, 2.24) is 14.5 Å². The van der Waals surface area contributed by atoms with Crippen LogP contribution < -0.4 is 0 Å². The Hall–Kier alpha value is -0.490. The third kappa shape index (κ3) is 2.12. The van der Waals surface area contributed by atoms with Gasteiger partial charge in [-0.25, -0.2) is 0 Å². The van der Waals surface area contributed by atoms with E-state index in [0.717, 1.165) is 25.9 Å². The smallest absolute Gasteiger partial charge is 0.275 e. The van der Waals surface area contributed by atoms with Gasteiger partial charge in [0.15, 0.2) is 5.69 Å². The van der Waals surface area contributed by atoms with Gasteiger partial charge in [0.05, 0.1) is 0 Å². The largest absolute Gasteiger partial charge is 0.336 e. The standard InChI is InChI=1S/C8H10BrN3OS/c9-6-2-1-3-12(4-6)8(13)7-5-14-11-10-7/h5-6H,1-4H2. The van der Waals surface area contributed by atoms with Gasteiger partial charge in [0, 0.05) is 23.3 Å². The van der Waals surface area contributed by atoms with E-state index in [1.54, 1.807) is 5.38 Å².